The van der Waals surface area contributed by atoms with Gasteiger partial charge in [-0.25, -0.2) is 9.78 Å². The van der Waals surface area contributed by atoms with Gasteiger partial charge < -0.3 is 15.0 Å². The Kier molecular flexibility index (Phi) is 3.33. The first-order valence-corrected chi connectivity index (χ1v) is 5.76. The molecule has 0 amide bonds. The number of esters is 1. The second-order valence-corrected chi connectivity index (χ2v) is 3.98. The van der Waals surface area contributed by atoms with Crippen LogP contribution in [0.3, 0.4) is 0 Å². The lowest BCUT2D eigenvalue weighted by molar-refractivity contribution is 0.0508. The van der Waals surface area contributed by atoms with Crippen LogP contribution in [0.15, 0.2) is 9.90 Å². The topological polar surface area (TPSA) is 104 Å². The fraction of sp³-hybridized carbons (Fsp3) is 0.333. The van der Waals surface area contributed by atoms with Crippen molar-refractivity contribution in [2.24, 2.45) is 0 Å². The monoisotopic (exact) mass is 254 g/mol. The number of thiazole rings is 1. The van der Waals surface area contributed by atoms with Crippen LogP contribution in [0.25, 0.3) is 0 Å². The van der Waals surface area contributed by atoms with Crippen LogP contribution in [0, 0.1) is 0 Å². The van der Waals surface area contributed by atoms with E-state index >= 15 is 0 Å². The van der Waals surface area contributed by atoms with Crippen molar-refractivity contribution in [1.82, 2.24) is 15.1 Å². The van der Waals surface area contributed by atoms with Crippen molar-refractivity contribution < 1.29 is 14.1 Å². The quantitative estimate of drug-likeness (QED) is 0.807. The van der Waals surface area contributed by atoms with E-state index in [1.165, 1.54) is 11.3 Å². The minimum Gasteiger partial charge on any atom is -0.460 e. The van der Waals surface area contributed by atoms with Gasteiger partial charge in [-0.2, -0.15) is 4.98 Å². The maximum Gasteiger partial charge on any atom is 0.379 e. The molecule has 2 N–H and O–H groups in total. The fourth-order valence-corrected chi connectivity index (χ4v) is 1.73. The number of nitrogen functional groups attached to an aromatic ring is 1. The molecule has 2 aromatic heterocycles. The van der Waals surface area contributed by atoms with Crippen molar-refractivity contribution >= 4 is 22.4 Å². The molecular weight excluding hydrogens is 244 g/mol. The Balaban J connectivity index is 2.06. The average molecular weight is 254 g/mol. The van der Waals surface area contributed by atoms with E-state index in [4.69, 9.17) is 15.0 Å². The molecular formula is C9H10N4O3S. The molecule has 0 aliphatic heterocycles. The van der Waals surface area contributed by atoms with Gasteiger partial charge in [0.1, 0.15) is 0 Å². The summed E-state index contributed by atoms with van der Waals surface area (Å²) < 4.78 is 9.65. The van der Waals surface area contributed by atoms with Crippen molar-refractivity contribution in [2.45, 2.75) is 13.3 Å². The lowest BCUT2D eigenvalue weighted by Crippen LogP contribution is -2.06. The third-order valence-electron chi connectivity index (χ3n) is 1.83. The maximum atomic E-state index is 11.3. The zero-order valence-corrected chi connectivity index (χ0v) is 9.86. The summed E-state index contributed by atoms with van der Waals surface area (Å²) in [4.78, 5) is 19.2. The number of hydrogen-bond donors (Lipinski definition) is 1. The molecule has 0 aliphatic rings. The highest BCUT2D eigenvalue weighted by Gasteiger charge is 2.16. The Bertz CT molecular complexity index is 522. The minimum absolute atomic E-state index is 0.0787. The Labute approximate surface area is 101 Å². The first-order chi connectivity index (χ1) is 8.19. The molecule has 0 bridgehead atoms. The van der Waals surface area contributed by atoms with Gasteiger partial charge in [-0.05, 0) is 12.1 Å². The minimum atomic E-state index is -0.597. The van der Waals surface area contributed by atoms with E-state index in [-0.39, 0.29) is 12.4 Å². The van der Waals surface area contributed by atoms with E-state index in [1.54, 1.807) is 12.3 Å². The van der Waals surface area contributed by atoms with Crippen LogP contribution < -0.4 is 5.73 Å². The van der Waals surface area contributed by atoms with E-state index in [0.29, 0.717) is 17.4 Å². The van der Waals surface area contributed by atoms with Gasteiger partial charge in [0.25, 0.3) is 5.82 Å². The first-order valence-electron chi connectivity index (χ1n) is 4.88. The van der Waals surface area contributed by atoms with Crippen LogP contribution in [0.1, 0.15) is 29.1 Å². The van der Waals surface area contributed by atoms with Gasteiger partial charge in [0.05, 0.1) is 18.7 Å². The average Bonchev–Trinajstić information content (AvgIpc) is 2.89. The predicted octanol–water partition coefficient (Wildman–Crippen LogP) is 0.876. The lowest BCUT2D eigenvalue weighted by Gasteiger charge is -1.93. The highest BCUT2D eigenvalue weighted by atomic mass is 32.1. The Morgan fingerprint density at radius 3 is 3.06 bits per heavy atom. The van der Waals surface area contributed by atoms with Gasteiger partial charge in [-0.3, -0.25) is 0 Å². The van der Waals surface area contributed by atoms with Crippen LogP contribution in [-0.4, -0.2) is 27.7 Å². The molecule has 7 nitrogen and oxygen atoms in total. The maximum absolute atomic E-state index is 11.3. The Morgan fingerprint density at radius 2 is 2.41 bits per heavy atom. The molecule has 0 fully saturated rings. The van der Waals surface area contributed by atoms with Gasteiger partial charge >= 0.3 is 5.97 Å². The summed E-state index contributed by atoms with van der Waals surface area (Å²) in [5.74, 6) is -0.372. The number of aromatic nitrogens is 3. The number of carbonyl (C=O) groups is 1. The predicted molar refractivity (Wildman–Crippen MR) is 59.6 cm³/mol. The number of hydrogen-bond acceptors (Lipinski definition) is 8. The van der Waals surface area contributed by atoms with Gasteiger partial charge in [0, 0.05) is 5.38 Å². The molecule has 0 spiro atoms. The SMILES string of the molecule is CCOC(=O)c1noc(Cc2csc(N)n2)n1. The summed E-state index contributed by atoms with van der Waals surface area (Å²) in [6.07, 6.45) is 0.347. The molecule has 0 saturated heterocycles. The second-order valence-electron chi connectivity index (χ2n) is 3.09. The molecule has 0 aliphatic carbocycles. The standard InChI is InChI=1S/C9H10N4O3S/c1-2-15-8(14)7-12-6(16-13-7)3-5-4-17-9(10)11-5/h4H,2-3H2,1H3,(H2,10,11). The molecule has 2 rings (SSSR count). The molecule has 17 heavy (non-hydrogen) atoms. The van der Waals surface area contributed by atoms with Crippen LogP contribution in [0.2, 0.25) is 0 Å². The highest BCUT2D eigenvalue weighted by Crippen LogP contribution is 2.14. The summed E-state index contributed by atoms with van der Waals surface area (Å²) in [7, 11) is 0. The van der Waals surface area contributed by atoms with Crippen molar-refractivity contribution in [3.8, 4) is 0 Å². The Hall–Kier alpha value is -1.96. The molecule has 8 heteroatoms. The van der Waals surface area contributed by atoms with Crippen LogP contribution in [0.4, 0.5) is 5.13 Å². The van der Waals surface area contributed by atoms with Crippen LogP contribution in [0.5, 0.6) is 0 Å². The number of nitrogens with two attached hydrogens (primary N) is 1. The van der Waals surface area contributed by atoms with E-state index in [2.05, 4.69) is 15.1 Å². The van der Waals surface area contributed by atoms with Crippen molar-refractivity contribution in [3.63, 3.8) is 0 Å². The molecule has 2 heterocycles. The van der Waals surface area contributed by atoms with Gasteiger partial charge in [0.15, 0.2) is 5.13 Å². The number of anilines is 1. The fourth-order valence-electron chi connectivity index (χ4n) is 1.16. The summed E-state index contributed by atoms with van der Waals surface area (Å²) in [6, 6.07) is 0. The van der Waals surface area contributed by atoms with E-state index in [0.717, 1.165) is 5.69 Å². The van der Waals surface area contributed by atoms with Crippen LogP contribution in [-0.2, 0) is 11.2 Å². The second kappa shape index (κ2) is 4.91. The van der Waals surface area contributed by atoms with Crippen LogP contribution >= 0.6 is 11.3 Å². The molecule has 0 saturated carbocycles. The third-order valence-corrected chi connectivity index (χ3v) is 2.55. The third kappa shape index (κ3) is 2.78. The molecule has 0 unspecified atom stereocenters. The Morgan fingerprint density at radius 1 is 1.59 bits per heavy atom. The summed E-state index contributed by atoms with van der Waals surface area (Å²) in [6.45, 7) is 1.97. The summed E-state index contributed by atoms with van der Waals surface area (Å²) in [5.41, 5.74) is 6.22. The molecule has 0 aromatic carbocycles. The van der Waals surface area contributed by atoms with E-state index < -0.39 is 5.97 Å². The van der Waals surface area contributed by atoms with Gasteiger partial charge in [0.2, 0.25) is 5.89 Å². The number of nitrogens with zero attached hydrogens (tertiary/aromatic N) is 3. The van der Waals surface area contributed by atoms with E-state index in [1.807, 2.05) is 0 Å². The summed E-state index contributed by atoms with van der Waals surface area (Å²) >= 11 is 1.33. The van der Waals surface area contributed by atoms with Gasteiger partial charge in [-0.1, -0.05) is 0 Å². The zero-order valence-electron chi connectivity index (χ0n) is 9.04. The first kappa shape index (κ1) is 11.5. The molecule has 0 radical (unpaired) electrons. The smallest absolute Gasteiger partial charge is 0.379 e. The normalized spacial score (nSPS) is 10.4. The van der Waals surface area contributed by atoms with E-state index in [9.17, 15) is 4.79 Å². The number of rotatable bonds is 4. The summed E-state index contributed by atoms with van der Waals surface area (Å²) in [5, 5.41) is 5.79. The highest BCUT2D eigenvalue weighted by molar-refractivity contribution is 7.13. The number of ether oxygens (including phenoxy) is 1. The van der Waals surface area contributed by atoms with Gasteiger partial charge in [-0.15, -0.1) is 11.3 Å². The molecule has 0 atom stereocenters. The number of carbonyl (C=O) groups excluding carboxylic acids is 1. The van der Waals surface area contributed by atoms with Crippen molar-refractivity contribution in [3.05, 3.63) is 22.8 Å². The van der Waals surface area contributed by atoms with Crippen molar-refractivity contribution in [1.29, 1.82) is 0 Å². The molecule has 90 valence electrons. The zero-order chi connectivity index (χ0) is 12.3. The van der Waals surface area contributed by atoms with Crippen molar-refractivity contribution in [2.75, 3.05) is 12.3 Å². The largest absolute Gasteiger partial charge is 0.460 e. The lowest BCUT2D eigenvalue weighted by atomic mass is 10.3. The molecule has 2 aromatic rings.